The maximum Gasteiger partial charge on any atom is 0.176 e. The predicted octanol–water partition coefficient (Wildman–Crippen LogP) is 3.14. The Morgan fingerprint density at radius 2 is 2.03 bits per heavy atom. The van der Waals surface area contributed by atoms with E-state index in [2.05, 4.69) is 35.6 Å². The summed E-state index contributed by atoms with van der Waals surface area (Å²) in [6, 6.07) is 3.64. The highest BCUT2D eigenvalue weighted by Gasteiger charge is 2.56. The van der Waals surface area contributed by atoms with Crippen molar-refractivity contribution in [1.29, 1.82) is 5.26 Å². The molecular formula is C29H34N4O5. The van der Waals surface area contributed by atoms with Crippen LogP contribution in [0.4, 0.5) is 0 Å². The van der Waals surface area contributed by atoms with Crippen molar-refractivity contribution in [3.63, 3.8) is 0 Å². The summed E-state index contributed by atoms with van der Waals surface area (Å²) in [5, 5.41) is 22.0. The van der Waals surface area contributed by atoms with Crippen LogP contribution in [0.15, 0.2) is 18.7 Å². The van der Waals surface area contributed by atoms with Crippen molar-refractivity contribution in [2.45, 2.75) is 63.5 Å². The zero-order valence-electron chi connectivity index (χ0n) is 22.3. The first-order chi connectivity index (χ1) is 18.4. The molecule has 3 N–H and O–H groups in total. The molecule has 0 radical (unpaired) electrons. The van der Waals surface area contributed by atoms with Crippen LogP contribution in [0.1, 0.15) is 51.0 Å². The Morgan fingerprint density at radius 1 is 1.24 bits per heavy atom. The van der Waals surface area contributed by atoms with Gasteiger partial charge in [0.05, 0.1) is 25.3 Å². The largest absolute Gasteiger partial charge is 0.504 e. The van der Waals surface area contributed by atoms with E-state index >= 15 is 0 Å². The molecule has 0 spiro atoms. The molecule has 2 bridgehead atoms. The van der Waals surface area contributed by atoms with E-state index in [4.69, 9.17) is 25.0 Å². The SMILES string of the molecule is C=CCOc1c(C)c2c(c3c1CC1[C@H]4c5c(cc(C)c(OC)c5O)C[C@@H](C(C#N)N1[C@H]3CN)N4C)OOC2. The molecule has 0 aromatic heterocycles. The second-order valence-electron chi connectivity index (χ2n) is 10.7. The molecule has 2 aromatic carbocycles. The number of likely N-dealkylation sites (N-methyl/N-ethyl adjacent to an activating group) is 1. The number of nitrogens with two attached hydrogens (primary N) is 1. The fraction of sp³-hybridized carbons (Fsp3) is 0.483. The van der Waals surface area contributed by atoms with E-state index in [1.807, 2.05) is 13.8 Å². The number of piperazine rings is 1. The van der Waals surface area contributed by atoms with Gasteiger partial charge in [-0.05, 0) is 44.9 Å². The second kappa shape index (κ2) is 9.17. The van der Waals surface area contributed by atoms with Crippen LogP contribution < -0.4 is 20.1 Å². The number of methoxy groups -OCH3 is 1. The van der Waals surface area contributed by atoms with Crippen LogP contribution in [0.25, 0.3) is 0 Å². The summed E-state index contributed by atoms with van der Waals surface area (Å²) in [6.45, 7) is 8.78. The first-order valence-corrected chi connectivity index (χ1v) is 13.1. The summed E-state index contributed by atoms with van der Waals surface area (Å²) >= 11 is 0. The lowest BCUT2D eigenvalue weighted by atomic mass is 9.71. The Bertz CT molecular complexity index is 1370. The molecule has 9 heteroatoms. The van der Waals surface area contributed by atoms with Crippen molar-refractivity contribution in [3.8, 4) is 29.1 Å². The lowest BCUT2D eigenvalue weighted by molar-refractivity contribution is -0.195. The van der Waals surface area contributed by atoms with Crippen molar-refractivity contribution in [2.75, 3.05) is 27.3 Å². The number of benzene rings is 2. The lowest BCUT2D eigenvalue weighted by Gasteiger charge is -2.60. The van der Waals surface area contributed by atoms with Gasteiger partial charge < -0.3 is 25.2 Å². The maximum atomic E-state index is 11.5. The minimum absolute atomic E-state index is 0.0660. The average Bonchev–Trinajstić information content (AvgIpc) is 3.39. The van der Waals surface area contributed by atoms with Crippen LogP contribution in [0.2, 0.25) is 0 Å². The molecule has 9 nitrogen and oxygen atoms in total. The number of rotatable bonds is 5. The van der Waals surface area contributed by atoms with E-state index < -0.39 is 6.04 Å². The number of hydrogen-bond acceptors (Lipinski definition) is 9. The first-order valence-electron chi connectivity index (χ1n) is 13.1. The van der Waals surface area contributed by atoms with E-state index in [0.717, 1.165) is 44.7 Å². The van der Waals surface area contributed by atoms with Crippen LogP contribution in [-0.4, -0.2) is 60.3 Å². The third-order valence-corrected chi connectivity index (χ3v) is 8.95. The molecule has 4 heterocycles. The smallest absolute Gasteiger partial charge is 0.176 e. The fourth-order valence-electron chi connectivity index (χ4n) is 7.42. The molecule has 0 aliphatic carbocycles. The van der Waals surface area contributed by atoms with E-state index in [-0.39, 0.29) is 29.9 Å². The molecule has 6 rings (SSSR count). The monoisotopic (exact) mass is 518 g/mol. The third kappa shape index (κ3) is 3.24. The highest BCUT2D eigenvalue weighted by atomic mass is 17.2. The second-order valence-corrected chi connectivity index (χ2v) is 10.7. The fourth-order valence-corrected chi connectivity index (χ4v) is 7.42. The molecule has 200 valence electrons. The Hall–Kier alpha value is -3.29. The van der Waals surface area contributed by atoms with E-state index in [1.165, 1.54) is 0 Å². The number of ether oxygens (including phenoxy) is 2. The van der Waals surface area contributed by atoms with Crippen molar-refractivity contribution >= 4 is 0 Å². The van der Waals surface area contributed by atoms with Gasteiger partial charge >= 0.3 is 0 Å². The Balaban J connectivity index is 1.60. The highest BCUT2D eigenvalue weighted by Crippen LogP contribution is 2.57. The van der Waals surface area contributed by atoms with E-state index in [1.54, 1.807) is 13.2 Å². The molecule has 2 unspecified atom stereocenters. The van der Waals surface area contributed by atoms with Gasteiger partial charge in [-0.2, -0.15) is 10.1 Å². The van der Waals surface area contributed by atoms with Crippen molar-refractivity contribution in [3.05, 3.63) is 57.7 Å². The van der Waals surface area contributed by atoms with E-state index in [9.17, 15) is 10.4 Å². The number of hydrogen-bond donors (Lipinski definition) is 2. The van der Waals surface area contributed by atoms with Crippen molar-refractivity contribution in [2.24, 2.45) is 5.73 Å². The minimum Gasteiger partial charge on any atom is -0.504 e. The Morgan fingerprint density at radius 3 is 2.71 bits per heavy atom. The van der Waals surface area contributed by atoms with Crippen LogP contribution >= 0.6 is 0 Å². The maximum absolute atomic E-state index is 11.5. The number of fused-ring (bicyclic) bond motifs is 9. The number of aromatic hydroxyl groups is 1. The van der Waals surface area contributed by atoms with Gasteiger partial charge in [-0.3, -0.25) is 9.80 Å². The van der Waals surface area contributed by atoms with Gasteiger partial charge in [-0.15, -0.1) is 0 Å². The first kappa shape index (κ1) is 25.0. The van der Waals surface area contributed by atoms with Gasteiger partial charge in [-0.25, -0.2) is 0 Å². The quantitative estimate of drug-likeness (QED) is 0.455. The summed E-state index contributed by atoms with van der Waals surface area (Å²) in [5.74, 6) is 2.16. The molecule has 4 aliphatic rings. The summed E-state index contributed by atoms with van der Waals surface area (Å²) in [7, 11) is 3.64. The highest BCUT2D eigenvalue weighted by molar-refractivity contribution is 5.63. The Labute approximate surface area is 222 Å². The van der Waals surface area contributed by atoms with Gasteiger partial charge in [0.25, 0.3) is 0 Å². The van der Waals surface area contributed by atoms with Gasteiger partial charge in [0.15, 0.2) is 17.2 Å². The predicted molar refractivity (Wildman–Crippen MR) is 140 cm³/mol. The average molecular weight is 519 g/mol. The summed E-state index contributed by atoms with van der Waals surface area (Å²) in [6.07, 6.45) is 2.97. The summed E-state index contributed by atoms with van der Waals surface area (Å²) in [5.41, 5.74) is 13.2. The number of phenols is 1. The normalized spacial score (nSPS) is 27.3. The zero-order valence-corrected chi connectivity index (χ0v) is 22.3. The molecule has 0 saturated carbocycles. The molecule has 5 atom stereocenters. The van der Waals surface area contributed by atoms with Gasteiger partial charge in [0, 0.05) is 46.4 Å². The summed E-state index contributed by atoms with van der Waals surface area (Å²) in [4.78, 5) is 15.7. The van der Waals surface area contributed by atoms with Crippen molar-refractivity contribution in [1.82, 2.24) is 9.80 Å². The molecular weight excluding hydrogens is 484 g/mol. The number of nitriles is 1. The third-order valence-electron chi connectivity index (χ3n) is 8.95. The van der Waals surface area contributed by atoms with E-state index in [0.29, 0.717) is 44.1 Å². The number of phenolic OH excluding ortho intramolecular Hbond substituents is 1. The van der Waals surface area contributed by atoms with Crippen molar-refractivity contribution < 1.29 is 24.4 Å². The van der Waals surface area contributed by atoms with Crippen LogP contribution in [0.3, 0.4) is 0 Å². The number of aryl methyl sites for hydroxylation is 1. The molecule has 4 aliphatic heterocycles. The van der Waals surface area contributed by atoms with Crippen LogP contribution in [0, 0.1) is 25.2 Å². The zero-order chi connectivity index (χ0) is 26.9. The minimum atomic E-state index is -0.405. The Kier molecular flexibility index (Phi) is 6.04. The van der Waals surface area contributed by atoms with Gasteiger partial charge in [0.2, 0.25) is 0 Å². The van der Waals surface area contributed by atoms with Gasteiger partial charge in [-0.1, -0.05) is 18.7 Å². The standard InChI is InChI=1S/C29H34N4O5/c1-6-7-36-28-15(3)18-13-37-38-29(18)24-17(28)10-20-25-23-16(8-14(2)27(35-5)26(23)34)9-19(32(25)4)21(11-30)33(20)22(24)12-31/h6,8,19-22,25,34H,1,7,9-10,12-13,31H2,2-5H3/t19-,20?,21?,22-,25-/m0/s1. The molecule has 38 heavy (non-hydrogen) atoms. The van der Waals surface area contributed by atoms with Crippen LogP contribution in [-0.2, 0) is 24.3 Å². The van der Waals surface area contributed by atoms with Gasteiger partial charge in [0.1, 0.15) is 25.0 Å². The molecule has 1 saturated heterocycles. The number of nitrogens with zero attached hydrogens (tertiary/aromatic N) is 3. The lowest BCUT2D eigenvalue weighted by Crippen LogP contribution is -2.68. The molecule has 0 amide bonds. The topological polar surface area (TPSA) is 113 Å². The molecule has 2 aromatic rings. The van der Waals surface area contributed by atoms with Crippen LogP contribution in [0.5, 0.6) is 23.0 Å². The molecule has 1 fully saturated rings. The summed E-state index contributed by atoms with van der Waals surface area (Å²) < 4.78 is 11.9.